The average molecular weight is 186 g/mol. The fourth-order valence-corrected chi connectivity index (χ4v) is 2.21. The molecule has 12 heavy (non-hydrogen) atoms. The molecule has 0 saturated heterocycles. The van der Waals surface area contributed by atoms with Gasteiger partial charge in [0, 0.05) is 16.9 Å². The van der Waals surface area contributed by atoms with Gasteiger partial charge in [0.2, 0.25) is 0 Å². The van der Waals surface area contributed by atoms with Crippen LogP contribution < -0.4 is 0 Å². The highest BCUT2D eigenvalue weighted by Gasteiger charge is 2.11. The summed E-state index contributed by atoms with van der Waals surface area (Å²) in [7, 11) is 1.60. The molecule has 1 unspecified atom stereocenters. The van der Waals surface area contributed by atoms with Gasteiger partial charge >= 0.3 is 0 Å². The number of thiophene rings is 1. The fourth-order valence-electron chi connectivity index (χ4n) is 1.23. The summed E-state index contributed by atoms with van der Waals surface area (Å²) in [5.74, 6) is 0. The molecule has 1 aromatic heterocycles. The molecular weight excluding hydrogens is 172 g/mol. The average Bonchev–Trinajstić information content (AvgIpc) is 2.30. The third-order valence-electron chi connectivity index (χ3n) is 1.76. The van der Waals surface area contributed by atoms with Crippen LogP contribution in [0.15, 0.2) is 6.07 Å². The van der Waals surface area contributed by atoms with Crippen molar-refractivity contribution in [3.8, 4) is 0 Å². The van der Waals surface area contributed by atoms with Gasteiger partial charge in [-0.25, -0.2) is 0 Å². The molecule has 3 heteroatoms. The number of hydrogen-bond acceptors (Lipinski definition) is 3. The number of ether oxygens (including phenoxy) is 1. The number of aliphatic hydroxyl groups is 1. The summed E-state index contributed by atoms with van der Waals surface area (Å²) in [6.45, 7) is 4.43. The minimum absolute atomic E-state index is 0.372. The Labute approximate surface area is 76.8 Å². The maximum absolute atomic E-state index is 9.60. The highest BCUT2D eigenvalue weighted by molar-refractivity contribution is 7.12. The zero-order valence-electron chi connectivity index (χ0n) is 7.63. The second-order valence-electron chi connectivity index (χ2n) is 2.84. The van der Waals surface area contributed by atoms with Crippen LogP contribution in [0.2, 0.25) is 0 Å². The lowest BCUT2D eigenvalue weighted by Crippen LogP contribution is -2.04. The molecule has 0 fully saturated rings. The molecular formula is C9H14O2S. The molecule has 0 spiro atoms. The largest absolute Gasteiger partial charge is 0.386 e. The SMILES string of the molecule is COCC(O)c1cc(C)sc1C. The van der Waals surface area contributed by atoms with Crippen molar-refractivity contribution in [2.45, 2.75) is 20.0 Å². The van der Waals surface area contributed by atoms with Crippen LogP contribution >= 0.6 is 11.3 Å². The number of hydrogen-bond donors (Lipinski definition) is 1. The second kappa shape index (κ2) is 4.03. The molecule has 1 aromatic rings. The zero-order valence-corrected chi connectivity index (χ0v) is 8.44. The predicted octanol–water partition coefficient (Wildman–Crippen LogP) is 2.04. The van der Waals surface area contributed by atoms with Gasteiger partial charge in [0.1, 0.15) is 6.10 Å². The van der Waals surface area contributed by atoms with Crippen molar-refractivity contribution in [1.82, 2.24) is 0 Å². The van der Waals surface area contributed by atoms with Gasteiger partial charge in [-0.2, -0.15) is 0 Å². The van der Waals surface area contributed by atoms with Crippen molar-refractivity contribution in [3.63, 3.8) is 0 Å². The van der Waals surface area contributed by atoms with Crippen LogP contribution in [0.1, 0.15) is 21.4 Å². The van der Waals surface area contributed by atoms with E-state index in [0.29, 0.717) is 6.61 Å². The van der Waals surface area contributed by atoms with Crippen molar-refractivity contribution in [1.29, 1.82) is 0 Å². The number of rotatable bonds is 3. The van der Waals surface area contributed by atoms with Crippen LogP contribution in [0.5, 0.6) is 0 Å². The molecule has 1 heterocycles. The molecule has 0 radical (unpaired) electrons. The zero-order chi connectivity index (χ0) is 9.14. The van der Waals surface area contributed by atoms with Gasteiger partial charge in [0.05, 0.1) is 6.61 Å². The molecule has 1 rings (SSSR count). The van der Waals surface area contributed by atoms with Gasteiger partial charge in [-0.05, 0) is 25.5 Å². The van der Waals surface area contributed by atoms with E-state index in [-0.39, 0.29) is 0 Å². The molecule has 0 saturated carbocycles. The first-order valence-corrected chi connectivity index (χ1v) is 4.70. The van der Waals surface area contributed by atoms with Crippen molar-refractivity contribution < 1.29 is 9.84 Å². The molecule has 1 atom stereocenters. The maximum Gasteiger partial charge on any atom is 0.103 e. The summed E-state index contributed by atoms with van der Waals surface area (Å²) in [6.07, 6.45) is -0.472. The minimum atomic E-state index is -0.472. The summed E-state index contributed by atoms with van der Waals surface area (Å²) in [4.78, 5) is 2.41. The number of aliphatic hydroxyl groups excluding tert-OH is 1. The molecule has 0 aliphatic heterocycles. The first kappa shape index (κ1) is 9.71. The molecule has 0 amide bonds. The van der Waals surface area contributed by atoms with Crippen LogP contribution in [0.25, 0.3) is 0 Å². The summed E-state index contributed by atoms with van der Waals surface area (Å²) >= 11 is 1.71. The predicted molar refractivity (Wildman–Crippen MR) is 50.6 cm³/mol. The van der Waals surface area contributed by atoms with Crippen LogP contribution in [0, 0.1) is 13.8 Å². The Bertz CT molecular complexity index is 255. The van der Waals surface area contributed by atoms with Gasteiger partial charge < -0.3 is 9.84 Å². The van der Waals surface area contributed by atoms with Crippen LogP contribution in [0.4, 0.5) is 0 Å². The second-order valence-corrected chi connectivity index (χ2v) is 4.30. The third kappa shape index (κ3) is 2.06. The van der Waals surface area contributed by atoms with Gasteiger partial charge in [-0.15, -0.1) is 11.3 Å². The van der Waals surface area contributed by atoms with E-state index in [0.717, 1.165) is 5.56 Å². The van der Waals surface area contributed by atoms with Gasteiger partial charge in [-0.3, -0.25) is 0 Å². The Morgan fingerprint density at radius 3 is 2.67 bits per heavy atom. The topological polar surface area (TPSA) is 29.5 Å². The van der Waals surface area contributed by atoms with E-state index in [2.05, 4.69) is 0 Å². The quantitative estimate of drug-likeness (QED) is 0.782. The van der Waals surface area contributed by atoms with Crippen LogP contribution in [-0.2, 0) is 4.74 Å². The number of methoxy groups -OCH3 is 1. The van der Waals surface area contributed by atoms with Crippen molar-refractivity contribution >= 4 is 11.3 Å². The molecule has 0 aliphatic carbocycles. The lowest BCUT2D eigenvalue weighted by atomic mass is 10.1. The Morgan fingerprint density at radius 2 is 2.25 bits per heavy atom. The third-order valence-corrected chi connectivity index (χ3v) is 2.74. The Hall–Kier alpha value is -0.380. The van der Waals surface area contributed by atoms with E-state index in [1.54, 1.807) is 18.4 Å². The van der Waals surface area contributed by atoms with E-state index in [4.69, 9.17) is 4.74 Å². The lowest BCUT2D eigenvalue weighted by Gasteiger charge is -2.07. The fraction of sp³-hybridized carbons (Fsp3) is 0.556. The van der Waals surface area contributed by atoms with Gasteiger partial charge in [0.15, 0.2) is 0 Å². The van der Waals surface area contributed by atoms with Crippen molar-refractivity contribution in [3.05, 3.63) is 21.4 Å². The monoisotopic (exact) mass is 186 g/mol. The van der Waals surface area contributed by atoms with Crippen LogP contribution in [-0.4, -0.2) is 18.8 Å². The van der Waals surface area contributed by atoms with E-state index in [9.17, 15) is 5.11 Å². The van der Waals surface area contributed by atoms with E-state index >= 15 is 0 Å². The standard InChI is InChI=1S/C9H14O2S/c1-6-4-8(7(2)12-6)9(10)5-11-3/h4,9-10H,5H2,1-3H3. The van der Waals surface area contributed by atoms with Crippen molar-refractivity contribution in [2.75, 3.05) is 13.7 Å². The molecule has 68 valence electrons. The first-order chi connectivity index (χ1) is 5.65. The smallest absolute Gasteiger partial charge is 0.103 e. The minimum Gasteiger partial charge on any atom is -0.386 e. The van der Waals surface area contributed by atoms with E-state index < -0.39 is 6.10 Å². The maximum atomic E-state index is 9.60. The van der Waals surface area contributed by atoms with Gasteiger partial charge in [-0.1, -0.05) is 0 Å². The highest BCUT2D eigenvalue weighted by Crippen LogP contribution is 2.26. The molecule has 0 bridgehead atoms. The van der Waals surface area contributed by atoms with Gasteiger partial charge in [0.25, 0.3) is 0 Å². The molecule has 0 aliphatic rings. The number of aryl methyl sites for hydroxylation is 2. The first-order valence-electron chi connectivity index (χ1n) is 3.89. The Balaban J connectivity index is 2.79. The molecule has 2 nitrogen and oxygen atoms in total. The van der Waals surface area contributed by atoms with Crippen LogP contribution in [0.3, 0.4) is 0 Å². The summed E-state index contributed by atoms with van der Waals surface area (Å²) in [5.41, 5.74) is 0.999. The highest BCUT2D eigenvalue weighted by atomic mass is 32.1. The summed E-state index contributed by atoms with van der Waals surface area (Å²) in [5, 5.41) is 9.60. The summed E-state index contributed by atoms with van der Waals surface area (Å²) < 4.78 is 4.88. The molecule has 1 N–H and O–H groups in total. The van der Waals surface area contributed by atoms with E-state index in [1.165, 1.54) is 9.75 Å². The summed E-state index contributed by atoms with van der Waals surface area (Å²) in [6, 6.07) is 2.02. The van der Waals surface area contributed by atoms with Crippen molar-refractivity contribution in [2.24, 2.45) is 0 Å². The normalized spacial score (nSPS) is 13.3. The Kier molecular flexibility index (Phi) is 3.26. The molecule has 0 aromatic carbocycles. The Morgan fingerprint density at radius 1 is 1.58 bits per heavy atom. The van der Waals surface area contributed by atoms with E-state index in [1.807, 2.05) is 19.9 Å². The lowest BCUT2D eigenvalue weighted by molar-refractivity contribution is 0.0643.